The Hall–Kier alpha value is -1.33. The first-order chi connectivity index (χ1) is 8.65. The van der Waals surface area contributed by atoms with Crippen LogP contribution in [-0.2, 0) is 11.3 Å². The molecule has 5 nitrogen and oxygen atoms in total. The summed E-state index contributed by atoms with van der Waals surface area (Å²) in [6, 6.07) is 3.92. The molecule has 0 radical (unpaired) electrons. The largest absolute Gasteiger partial charge is 0.467 e. The van der Waals surface area contributed by atoms with Crippen LogP contribution < -0.4 is 5.73 Å². The van der Waals surface area contributed by atoms with Gasteiger partial charge in [-0.3, -0.25) is 9.69 Å². The second-order valence-electron chi connectivity index (χ2n) is 4.97. The van der Waals surface area contributed by atoms with Gasteiger partial charge in [-0.15, -0.1) is 0 Å². The van der Waals surface area contributed by atoms with Crippen LogP contribution in [0.15, 0.2) is 22.8 Å². The van der Waals surface area contributed by atoms with E-state index in [1.165, 1.54) is 0 Å². The highest BCUT2D eigenvalue weighted by Crippen LogP contribution is 2.09. The molecule has 1 aliphatic heterocycles. The van der Waals surface area contributed by atoms with Crippen LogP contribution >= 0.6 is 0 Å². The zero-order valence-electron chi connectivity index (χ0n) is 10.8. The molecule has 1 aliphatic rings. The Labute approximate surface area is 108 Å². The lowest BCUT2D eigenvalue weighted by Gasteiger charge is -2.31. The SMILES string of the molecule is CN(Cc1ccco1)C(=O)CN1CCCC(N)C1. The molecule has 0 aromatic carbocycles. The number of hydrogen-bond donors (Lipinski definition) is 1. The maximum Gasteiger partial charge on any atom is 0.236 e. The summed E-state index contributed by atoms with van der Waals surface area (Å²) in [5, 5.41) is 0. The van der Waals surface area contributed by atoms with Gasteiger partial charge in [0.05, 0.1) is 19.4 Å². The van der Waals surface area contributed by atoms with Crippen LogP contribution in [0, 0.1) is 0 Å². The molecule has 2 rings (SSSR count). The Morgan fingerprint density at radius 3 is 3.17 bits per heavy atom. The number of amides is 1. The van der Waals surface area contributed by atoms with Gasteiger partial charge in [0.2, 0.25) is 5.91 Å². The maximum absolute atomic E-state index is 12.0. The van der Waals surface area contributed by atoms with Crippen LogP contribution in [0.3, 0.4) is 0 Å². The molecular formula is C13H21N3O2. The first kappa shape index (κ1) is 13.1. The van der Waals surface area contributed by atoms with E-state index < -0.39 is 0 Å². The molecular weight excluding hydrogens is 230 g/mol. The van der Waals surface area contributed by atoms with Gasteiger partial charge in [-0.2, -0.15) is 0 Å². The van der Waals surface area contributed by atoms with Crippen LogP contribution in [-0.4, -0.2) is 48.4 Å². The lowest BCUT2D eigenvalue weighted by molar-refractivity contribution is -0.132. The van der Waals surface area contributed by atoms with Gasteiger partial charge in [-0.1, -0.05) is 0 Å². The van der Waals surface area contributed by atoms with Crippen LogP contribution in [0.2, 0.25) is 0 Å². The molecule has 1 unspecified atom stereocenters. The second kappa shape index (κ2) is 6.02. The Balaban J connectivity index is 1.79. The zero-order valence-corrected chi connectivity index (χ0v) is 10.8. The molecule has 1 amide bonds. The molecule has 18 heavy (non-hydrogen) atoms. The molecule has 2 heterocycles. The van der Waals surface area contributed by atoms with Crippen LogP contribution in [0.5, 0.6) is 0 Å². The van der Waals surface area contributed by atoms with Crippen molar-refractivity contribution in [1.82, 2.24) is 9.80 Å². The Bertz CT molecular complexity index is 378. The Morgan fingerprint density at radius 2 is 2.50 bits per heavy atom. The van der Waals surface area contributed by atoms with E-state index in [9.17, 15) is 4.79 Å². The minimum atomic E-state index is 0.112. The standard InChI is InChI=1S/C13H21N3O2/c1-15(9-12-5-3-7-18-12)13(17)10-16-6-2-4-11(14)8-16/h3,5,7,11H,2,4,6,8-10,14H2,1H3. The molecule has 1 fully saturated rings. The van der Waals surface area contributed by atoms with Crippen molar-refractivity contribution < 1.29 is 9.21 Å². The maximum atomic E-state index is 12.0. The van der Waals surface area contributed by atoms with E-state index in [0.29, 0.717) is 13.1 Å². The third-order valence-electron chi connectivity index (χ3n) is 3.30. The summed E-state index contributed by atoms with van der Waals surface area (Å²) in [4.78, 5) is 15.9. The number of nitrogens with zero attached hydrogens (tertiary/aromatic N) is 2. The fourth-order valence-electron chi connectivity index (χ4n) is 2.27. The van der Waals surface area contributed by atoms with Gasteiger partial charge >= 0.3 is 0 Å². The number of rotatable bonds is 4. The first-order valence-corrected chi connectivity index (χ1v) is 6.39. The number of hydrogen-bond acceptors (Lipinski definition) is 4. The minimum absolute atomic E-state index is 0.112. The van der Waals surface area contributed by atoms with Gasteiger partial charge in [0, 0.05) is 19.6 Å². The van der Waals surface area contributed by atoms with Gasteiger partial charge in [-0.25, -0.2) is 0 Å². The van der Waals surface area contributed by atoms with Crippen molar-refractivity contribution in [2.24, 2.45) is 5.73 Å². The predicted octanol–water partition coefficient (Wildman–Crippen LogP) is 0.661. The van der Waals surface area contributed by atoms with Crippen molar-refractivity contribution in [2.75, 3.05) is 26.7 Å². The van der Waals surface area contributed by atoms with E-state index >= 15 is 0 Å². The number of piperidine rings is 1. The normalized spacial score (nSPS) is 20.9. The van der Waals surface area contributed by atoms with E-state index in [0.717, 1.165) is 31.7 Å². The molecule has 1 atom stereocenters. The van der Waals surface area contributed by atoms with Crippen LogP contribution in [0.1, 0.15) is 18.6 Å². The smallest absolute Gasteiger partial charge is 0.236 e. The number of furan rings is 1. The molecule has 2 N–H and O–H groups in total. The lowest BCUT2D eigenvalue weighted by Crippen LogP contribution is -2.47. The van der Waals surface area contributed by atoms with Gasteiger partial charge in [0.25, 0.3) is 0 Å². The summed E-state index contributed by atoms with van der Waals surface area (Å²) < 4.78 is 5.23. The summed E-state index contributed by atoms with van der Waals surface area (Å²) in [7, 11) is 1.80. The van der Waals surface area contributed by atoms with Crippen molar-refractivity contribution in [1.29, 1.82) is 0 Å². The molecule has 1 aromatic rings. The van der Waals surface area contributed by atoms with Gasteiger partial charge in [0.1, 0.15) is 5.76 Å². The van der Waals surface area contributed by atoms with Gasteiger partial charge < -0.3 is 15.1 Å². The van der Waals surface area contributed by atoms with Crippen molar-refractivity contribution in [3.05, 3.63) is 24.2 Å². The van der Waals surface area contributed by atoms with Crippen molar-refractivity contribution >= 4 is 5.91 Å². The lowest BCUT2D eigenvalue weighted by atomic mass is 10.1. The highest BCUT2D eigenvalue weighted by Gasteiger charge is 2.20. The van der Waals surface area contributed by atoms with E-state index in [4.69, 9.17) is 10.2 Å². The average molecular weight is 251 g/mol. The highest BCUT2D eigenvalue weighted by molar-refractivity contribution is 5.77. The molecule has 0 spiro atoms. The minimum Gasteiger partial charge on any atom is -0.467 e. The zero-order chi connectivity index (χ0) is 13.0. The molecule has 100 valence electrons. The number of nitrogens with two attached hydrogens (primary N) is 1. The van der Waals surface area contributed by atoms with E-state index in [-0.39, 0.29) is 11.9 Å². The Kier molecular flexibility index (Phi) is 4.38. The van der Waals surface area contributed by atoms with Crippen LogP contribution in [0.25, 0.3) is 0 Å². The second-order valence-corrected chi connectivity index (χ2v) is 4.97. The summed E-state index contributed by atoms with van der Waals surface area (Å²) in [5.74, 6) is 0.918. The van der Waals surface area contributed by atoms with Gasteiger partial charge in [-0.05, 0) is 31.5 Å². The third kappa shape index (κ3) is 3.58. The molecule has 5 heteroatoms. The monoisotopic (exact) mass is 251 g/mol. The number of likely N-dealkylation sites (tertiary alicyclic amines) is 1. The summed E-state index contributed by atoms with van der Waals surface area (Å²) in [6.07, 6.45) is 3.76. The molecule has 1 saturated heterocycles. The van der Waals surface area contributed by atoms with E-state index in [1.807, 2.05) is 12.1 Å². The van der Waals surface area contributed by atoms with E-state index in [1.54, 1.807) is 18.2 Å². The molecule has 0 bridgehead atoms. The fraction of sp³-hybridized carbons (Fsp3) is 0.615. The van der Waals surface area contributed by atoms with Crippen molar-refractivity contribution in [3.8, 4) is 0 Å². The topological polar surface area (TPSA) is 62.7 Å². The molecule has 0 saturated carbocycles. The van der Waals surface area contributed by atoms with Crippen molar-refractivity contribution in [3.63, 3.8) is 0 Å². The number of carbonyl (C=O) groups excluding carboxylic acids is 1. The highest BCUT2D eigenvalue weighted by atomic mass is 16.3. The predicted molar refractivity (Wildman–Crippen MR) is 68.8 cm³/mol. The van der Waals surface area contributed by atoms with Gasteiger partial charge in [0.15, 0.2) is 0 Å². The third-order valence-corrected chi connectivity index (χ3v) is 3.30. The van der Waals surface area contributed by atoms with Crippen molar-refractivity contribution in [2.45, 2.75) is 25.4 Å². The summed E-state index contributed by atoms with van der Waals surface area (Å²) >= 11 is 0. The number of likely N-dealkylation sites (N-methyl/N-ethyl adjacent to an activating group) is 1. The quantitative estimate of drug-likeness (QED) is 0.854. The Morgan fingerprint density at radius 1 is 1.67 bits per heavy atom. The number of carbonyl (C=O) groups is 1. The van der Waals surface area contributed by atoms with E-state index in [2.05, 4.69) is 4.90 Å². The molecule has 0 aliphatic carbocycles. The first-order valence-electron chi connectivity index (χ1n) is 6.39. The fourth-order valence-corrected chi connectivity index (χ4v) is 2.27. The average Bonchev–Trinajstić information content (AvgIpc) is 2.81. The molecule has 1 aromatic heterocycles. The summed E-state index contributed by atoms with van der Waals surface area (Å²) in [6.45, 7) is 2.75. The van der Waals surface area contributed by atoms with Crippen LogP contribution in [0.4, 0.5) is 0 Å². The summed E-state index contributed by atoms with van der Waals surface area (Å²) in [5.41, 5.74) is 5.91.